The van der Waals surface area contributed by atoms with Crippen LogP contribution in [0.3, 0.4) is 0 Å². The Bertz CT molecular complexity index is 632. The lowest BCUT2D eigenvalue weighted by atomic mass is 10.2. The van der Waals surface area contributed by atoms with Crippen molar-refractivity contribution >= 4 is 21.7 Å². The van der Waals surface area contributed by atoms with Crippen molar-refractivity contribution in [2.24, 2.45) is 0 Å². The SMILES string of the molecule is COCCNc1ccc(S(=O)(=O)NC(C)COC)cc1C(=O)O. The van der Waals surface area contributed by atoms with Gasteiger partial charge in [-0.3, -0.25) is 0 Å². The first-order valence-corrected chi connectivity index (χ1v) is 8.41. The molecule has 0 aliphatic carbocycles. The quantitative estimate of drug-likeness (QED) is 0.536. The van der Waals surface area contributed by atoms with Crippen LogP contribution in [-0.4, -0.2) is 59.5 Å². The van der Waals surface area contributed by atoms with E-state index in [-0.39, 0.29) is 17.1 Å². The highest BCUT2D eigenvalue weighted by Crippen LogP contribution is 2.21. The standard InChI is InChI=1S/C14H22N2O6S/c1-10(9-22-3)16-23(19,20)11-4-5-13(15-6-7-21-2)12(8-11)14(17)18/h4-5,8,10,15-16H,6-7,9H2,1-3H3,(H,17,18). The minimum atomic E-state index is -3.83. The lowest BCUT2D eigenvalue weighted by Gasteiger charge is -2.15. The summed E-state index contributed by atoms with van der Waals surface area (Å²) in [4.78, 5) is 11.2. The summed E-state index contributed by atoms with van der Waals surface area (Å²) in [6.07, 6.45) is 0. The number of anilines is 1. The number of rotatable bonds is 10. The van der Waals surface area contributed by atoms with Crippen LogP contribution in [0, 0.1) is 0 Å². The van der Waals surface area contributed by atoms with Gasteiger partial charge in [-0.2, -0.15) is 0 Å². The minimum Gasteiger partial charge on any atom is -0.478 e. The van der Waals surface area contributed by atoms with E-state index in [1.54, 1.807) is 6.92 Å². The number of aromatic carboxylic acids is 1. The van der Waals surface area contributed by atoms with E-state index in [1.807, 2.05) is 0 Å². The van der Waals surface area contributed by atoms with E-state index in [2.05, 4.69) is 10.0 Å². The molecular formula is C14H22N2O6S. The fraction of sp³-hybridized carbons (Fsp3) is 0.500. The number of carboxylic acid groups (broad SMARTS) is 1. The Morgan fingerprint density at radius 1 is 1.30 bits per heavy atom. The maximum Gasteiger partial charge on any atom is 0.337 e. The van der Waals surface area contributed by atoms with Gasteiger partial charge in [-0.05, 0) is 25.1 Å². The third kappa shape index (κ3) is 5.79. The normalized spacial score (nSPS) is 12.8. The molecule has 0 aliphatic rings. The van der Waals surface area contributed by atoms with Crippen molar-refractivity contribution in [3.05, 3.63) is 23.8 Å². The summed E-state index contributed by atoms with van der Waals surface area (Å²) in [5, 5.41) is 12.2. The summed E-state index contributed by atoms with van der Waals surface area (Å²) in [7, 11) is -0.829. The highest BCUT2D eigenvalue weighted by atomic mass is 32.2. The van der Waals surface area contributed by atoms with E-state index in [9.17, 15) is 18.3 Å². The maximum absolute atomic E-state index is 12.3. The van der Waals surface area contributed by atoms with Crippen molar-refractivity contribution in [2.75, 3.05) is 39.3 Å². The Labute approximate surface area is 135 Å². The van der Waals surface area contributed by atoms with Crippen molar-refractivity contribution in [1.82, 2.24) is 4.72 Å². The number of carboxylic acids is 1. The number of carbonyl (C=O) groups is 1. The molecule has 1 aromatic carbocycles. The first-order chi connectivity index (χ1) is 10.8. The Morgan fingerprint density at radius 3 is 2.57 bits per heavy atom. The van der Waals surface area contributed by atoms with Crippen molar-refractivity contribution in [1.29, 1.82) is 0 Å². The lowest BCUT2D eigenvalue weighted by molar-refractivity contribution is 0.0697. The molecule has 0 bridgehead atoms. The molecule has 0 aromatic heterocycles. The van der Waals surface area contributed by atoms with E-state index in [4.69, 9.17) is 9.47 Å². The Kier molecular flexibility index (Phi) is 7.43. The van der Waals surface area contributed by atoms with Crippen LogP contribution >= 0.6 is 0 Å². The molecule has 1 aromatic rings. The molecule has 0 spiro atoms. The van der Waals surface area contributed by atoms with Crippen molar-refractivity contribution < 1.29 is 27.8 Å². The molecule has 0 saturated carbocycles. The average Bonchev–Trinajstić information content (AvgIpc) is 2.47. The van der Waals surface area contributed by atoms with E-state index in [0.717, 1.165) is 6.07 Å². The molecule has 130 valence electrons. The highest BCUT2D eigenvalue weighted by Gasteiger charge is 2.20. The van der Waals surface area contributed by atoms with Gasteiger partial charge in [0, 0.05) is 32.5 Å². The summed E-state index contributed by atoms with van der Waals surface area (Å²) >= 11 is 0. The number of nitrogens with one attached hydrogen (secondary N) is 2. The zero-order chi connectivity index (χ0) is 17.5. The molecule has 3 N–H and O–H groups in total. The molecule has 9 heteroatoms. The summed E-state index contributed by atoms with van der Waals surface area (Å²) in [6, 6.07) is 3.47. The summed E-state index contributed by atoms with van der Waals surface area (Å²) < 4.78 is 36.7. The minimum absolute atomic E-state index is 0.116. The van der Waals surface area contributed by atoms with Crippen LogP contribution in [0.4, 0.5) is 5.69 Å². The predicted octanol–water partition coefficient (Wildman–Crippen LogP) is 0.756. The highest BCUT2D eigenvalue weighted by molar-refractivity contribution is 7.89. The van der Waals surface area contributed by atoms with Crippen LogP contribution in [0.1, 0.15) is 17.3 Å². The first-order valence-electron chi connectivity index (χ1n) is 6.93. The molecule has 1 rings (SSSR count). The zero-order valence-electron chi connectivity index (χ0n) is 13.3. The van der Waals surface area contributed by atoms with Crippen LogP contribution in [0.15, 0.2) is 23.1 Å². The molecule has 0 heterocycles. The number of ether oxygens (including phenoxy) is 2. The van der Waals surface area contributed by atoms with E-state index < -0.39 is 22.0 Å². The van der Waals surface area contributed by atoms with Gasteiger partial charge in [0.25, 0.3) is 0 Å². The molecular weight excluding hydrogens is 324 g/mol. The number of hydrogen-bond acceptors (Lipinski definition) is 6. The van der Waals surface area contributed by atoms with Crippen molar-refractivity contribution in [3.63, 3.8) is 0 Å². The number of sulfonamides is 1. The first kappa shape index (κ1) is 19.4. The van der Waals surface area contributed by atoms with Crippen molar-refractivity contribution in [2.45, 2.75) is 17.9 Å². The predicted molar refractivity (Wildman–Crippen MR) is 85.4 cm³/mol. The van der Waals surface area contributed by atoms with Crippen LogP contribution in [0.25, 0.3) is 0 Å². The fourth-order valence-electron chi connectivity index (χ4n) is 1.93. The monoisotopic (exact) mass is 346 g/mol. The molecule has 1 atom stereocenters. The molecule has 0 amide bonds. The Morgan fingerprint density at radius 2 is 2.00 bits per heavy atom. The second kappa shape index (κ2) is 8.82. The van der Waals surface area contributed by atoms with Gasteiger partial charge in [-0.15, -0.1) is 0 Å². The van der Waals surface area contributed by atoms with Gasteiger partial charge in [0.15, 0.2) is 0 Å². The molecule has 0 aliphatic heterocycles. The zero-order valence-corrected chi connectivity index (χ0v) is 14.1. The lowest BCUT2D eigenvalue weighted by Crippen LogP contribution is -2.35. The molecule has 1 unspecified atom stereocenters. The smallest absolute Gasteiger partial charge is 0.337 e. The Balaban J connectivity index is 3.04. The van der Waals surface area contributed by atoms with Crippen LogP contribution in [0.5, 0.6) is 0 Å². The molecule has 0 radical (unpaired) electrons. The van der Waals surface area contributed by atoms with Crippen LogP contribution < -0.4 is 10.0 Å². The van der Waals surface area contributed by atoms with Gasteiger partial charge in [0.2, 0.25) is 10.0 Å². The third-order valence-electron chi connectivity index (χ3n) is 2.93. The number of hydrogen-bond donors (Lipinski definition) is 3. The Hall–Kier alpha value is -1.68. The van der Waals surface area contributed by atoms with E-state index >= 15 is 0 Å². The van der Waals surface area contributed by atoms with Crippen LogP contribution in [0.2, 0.25) is 0 Å². The molecule has 23 heavy (non-hydrogen) atoms. The largest absolute Gasteiger partial charge is 0.478 e. The summed E-state index contributed by atoms with van der Waals surface area (Å²) in [5.74, 6) is -1.22. The van der Waals surface area contributed by atoms with Gasteiger partial charge in [0.05, 0.1) is 23.7 Å². The van der Waals surface area contributed by atoms with Gasteiger partial charge in [0.1, 0.15) is 0 Å². The van der Waals surface area contributed by atoms with Gasteiger partial charge in [-0.25, -0.2) is 17.9 Å². The van der Waals surface area contributed by atoms with Gasteiger partial charge >= 0.3 is 5.97 Å². The summed E-state index contributed by atoms with van der Waals surface area (Å²) in [6.45, 7) is 2.67. The topological polar surface area (TPSA) is 114 Å². The number of methoxy groups -OCH3 is 2. The second-order valence-corrected chi connectivity index (χ2v) is 6.62. The van der Waals surface area contributed by atoms with Gasteiger partial charge < -0.3 is 19.9 Å². The van der Waals surface area contributed by atoms with E-state index in [0.29, 0.717) is 18.8 Å². The molecule has 8 nitrogen and oxygen atoms in total. The summed E-state index contributed by atoms with van der Waals surface area (Å²) in [5.41, 5.74) is 0.210. The molecule has 0 fully saturated rings. The average molecular weight is 346 g/mol. The second-order valence-electron chi connectivity index (χ2n) is 4.91. The third-order valence-corrected chi connectivity index (χ3v) is 4.51. The van der Waals surface area contributed by atoms with Crippen molar-refractivity contribution in [3.8, 4) is 0 Å². The fourth-order valence-corrected chi connectivity index (χ4v) is 3.18. The molecule has 0 saturated heterocycles. The maximum atomic E-state index is 12.3. The van der Waals surface area contributed by atoms with Gasteiger partial charge in [-0.1, -0.05) is 0 Å². The van der Waals surface area contributed by atoms with Crippen LogP contribution in [-0.2, 0) is 19.5 Å². The van der Waals surface area contributed by atoms with E-state index in [1.165, 1.54) is 26.4 Å². The number of benzene rings is 1.